The van der Waals surface area contributed by atoms with E-state index in [1.54, 1.807) is 13.0 Å². The summed E-state index contributed by atoms with van der Waals surface area (Å²) in [7, 11) is 0. The van der Waals surface area contributed by atoms with Gasteiger partial charge in [-0.25, -0.2) is 14.2 Å². The second-order valence-corrected chi connectivity index (χ2v) is 6.00. The lowest BCUT2D eigenvalue weighted by Crippen LogP contribution is -2.54. The van der Waals surface area contributed by atoms with E-state index in [0.29, 0.717) is 5.57 Å². The van der Waals surface area contributed by atoms with E-state index in [1.807, 2.05) is 13.8 Å². The molecule has 8 nitrogen and oxygen atoms in total. The van der Waals surface area contributed by atoms with Gasteiger partial charge in [-0.05, 0) is 25.8 Å². The summed E-state index contributed by atoms with van der Waals surface area (Å²) in [5.74, 6) is -1.48. The molecular formula is C17H29FN4O4. The van der Waals surface area contributed by atoms with E-state index in [1.165, 1.54) is 0 Å². The van der Waals surface area contributed by atoms with Crippen LogP contribution < -0.4 is 16.8 Å². The third-order valence-corrected chi connectivity index (χ3v) is 4.12. The van der Waals surface area contributed by atoms with Crippen LogP contribution in [0.5, 0.6) is 0 Å². The number of carbonyl (C=O) groups is 2. The molecule has 1 rings (SSSR count). The van der Waals surface area contributed by atoms with Crippen molar-refractivity contribution in [3.05, 3.63) is 11.6 Å². The molecule has 0 fully saturated rings. The first-order chi connectivity index (χ1) is 12.4. The maximum absolute atomic E-state index is 12.7. The van der Waals surface area contributed by atoms with Crippen LogP contribution in [0.4, 0.5) is 4.39 Å². The SMILES string of the molecule is CCOC(=O)C1=CC(OC(CC)CC)C(NC(=O)CF)C(N=C(N)N)C1. The van der Waals surface area contributed by atoms with Crippen LogP contribution in [-0.4, -0.2) is 55.4 Å². The minimum Gasteiger partial charge on any atom is -0.463 e. The number of nitrogens with two attached hydrogens (primary N) is 2. The molecule has 0 aromatic carbocycles. The third kappa shape index (κ3) is 6.29. The molecule has 0 aliphatic heterocycles. The molecule has 0 saturated heterocycles. The van der Waals surface area contributed by atoms with Gasteiger partial charge in [-0.2, -0.15) is 0 Å². The van der Waals surface area contributed by atoms with Gasteiger partial charge in [-0.3, -0.25) is 4.79 Å². The van der Waals surface area contributed by atoms with Crippen LogP contribution >= 0.6 is 0 Å². The smallest absolute Gasteiger partial charge is 0.333 e. The molecule has 0 heterocycles. The maximum atomic E-state index is 12.7. The van der Waals surface area contributed by atoms with Gasteiger partial charge in [0.15, 0.2) is 12.6 Å². The Hall–Kier alpha value is -2.16. The van der Waals surface area contributed by atoms with Crippen LogP contribution in [-0.2, 0) is 19.1 Å². The minimum absolute atomic E-state index is 0.0950. The predicted octanol–water partition coefficient (Wildman–Crippen LogP) is 0.550. The Balaban J connectivity index is 3.24. The van der Waals surface area contributed by atoms with Crippen molar-refractivity contribution < 1.29 is 23.5 Å². The average Bonchev–Trinajstić information content (AvgIpc) is 2.61. The molecule has 0 aromatic rings. The Morgan fingerprint density at radius 3 is 2.50 bits per heavy atom. The number of hydrogen-bond acceptors (Lipinski definition) is 5. The summed E-state index contributed by atoms with van der Waals surface area (Å²) in [6.45, 7) is 4.70. The zero-order valence-corrected chi connectivity index (χ0v) is 15.5. The standard InChI is InChI=1S/C17H29FN4O4/c1-4-11(5-2)26-13-8-10(16(24)25-6-3)7-12(21-17(19)20)15(13)22-14(23)9-18/h8,11-13,15H,4-7,9H2,1-3H3,(H,22,23)(H4,19,20,21). The molecule has 148 valence electrons. The fourth-order valence-corrected chi connectivity index (χ4v) is 2.86. The van der Waals surface area contributed by atoms with Crippen LogP contribution in [0.1, 0.15) is 40.0 Å². The highest BCUT2D eigenvalue weighted by atomic mass is 19.1. The number of halogens is 1. The van der Waals surface area contributed by atoms with Crippen molar-refractivity contribution >= 4 is 17.8 Å². The van der Waals surface area contributed by atoms with Crippen molar-refractivity contribution in [3.8, 4) is 0 Å². The number of alkyl halides is 1. The Morgan fingerprint density at radius 1 is 1.35 bits per heavy atom. The lowest BCUT2D eigenvalue weighted by molar-refractivity contribution is -0.139. The number of esters is 1. The lowest BCUT2D eigenvalue weighted by atomic mass is 9.88. The van der Waals surface area contributed by atoms with Gasteiger partial charge in [0.05, 0.1) is 30.9 Å². The fraction of sp³-hybridized carbons (Fsp3) is 0.706. The Kier molecular flexibility index (Phi) is 9.04. The number of guanidine groups is 1. The van der Waals surface area contributed by atoms with Crippen LogP contribution in [0, 0.1) is 0 Å². The van der Waals surface area contributed by atoms with E-state index in [4.69, 9.17) is 20.9 Å². The average molecular weight is 372 g/mol. The van der Waals surface area contributed by atoms with Crippen molar-refractivity contribution in [2.24, 2.45) is 16.5 Å². The first kappa shape index (κ1) is 21.9. The number of hydrogen-bond donors (Lipinski definition) is 3. The van der Waals surface area contributed by atoms with Gasteiger partial charge in [-0.15, -0.1) is 0 Å². The molecule has 1 aliphatic carbocycles. The molecular weight excluding hydrogens is 343 g/mol. The highest BCUT2D eigenvalue weighted by molar-refractivity contribution is 5.89. The second kappa shape index (κ2) is 10.7. The normalized spacial score (nSPS) is 22.5. The molecule has 26 heavy (non-hydrogen) atoms. The quantitative estimate of drug-likeness (QED) is 0.308. The van der Waals surface area contributed by atoms with Gasteiger partial charge in [0.1, 0.15) is 0 Å². The maximum Gasteiger partial charge on any atom is 0.333 e. The number of nitrogens with zero attached hydrogens (tertiary/aromatic N) is 1. The summed E-state index contributed by atoms with van der Waals surface area (Å²) in [5, 5.41) is 2.57. The summed E-state index contributed by atoms with van der Waals surface area (Å²) in [6.07, 6.45) is 2.47. The number of carbonyl (C=O) groups excluding carboxylic acids is 2. The first-order valence-electron chi connectivity index (χ1n) is 8.83. The monoisotopic (exact) mass is 372 g/mol. The van der Waals surface area contributed by atoms with Crippen molar-refractivity contribution in [2.45, 2.75) is 64.3 Å². The van der Waals surface area contributed by atoms with Crippen LogP contribution in [0.25, 0.3) is 0 Å². The first-order valence-corrected chi connectivity index (χ1v) is 8.83. The molecule has 0 bridgehead atoms. The molecule has 9 heteroatoms. The zero-order valence-electron chi connectivity index (χ0n) is 15.5. The van der Waals surface area contributed by atoms with Gasteiger partial charge in [-0.1, -0.05) is 13.8 Å². The second-order valence-electron chi connectivity index (χ2n) is 6.00. The van der Waals surface area contributed by atoms with Crippen molar-refractivity contribution in [1.29, 1.82) is 0 Å². The molecule has 0 saturated carbocycles. The summed E-state index contributed by atoms with van der Waals surface area (Å²) < 4.78 is 23.8. The van der Waals surface area contributed by atoms with Crippen LogP contribution in [0.15, 0.2) is 16.6 Å². The van der Waals surface area contributed by atoms with E-state index < -0.39 is 36.7 Å². The molecule has 1 amide bonds. The summed E-state index contributed by atoms with van der Waals surface area (Å²) in [4.78, 5) is 27.9. The summed E-state index contributed by atoms with van der Waals surface area (Å²) in [6, 6.07) is -1.36. The molecule has 5 N–H and O–H groups in total. The number of nitrogens with one attached hydrogen (secondary N) is 1. The molecule has 0 spiro atoms. The lowest BCUT2D eigenvalue weighted by Gasteiger charge is -2.36. The number of ether oxygens (including phenoxy) is 2. The van der Waals surface area contributed by atoms with Crippen molar-refractivity contribution in [3.63, 3.8) is 0 Å². The zero-order chi connectivity index (χ0) is 19.7. The van der Waals surface area contributed by atoms with E-state index in [-0.39, 0.29) is 25.1 Å². The van der Waals surface area contributed by atoms with Gasteiger partial charge >= 0.3 is 5.97 Å². The minimum atomic E-state index is -1.17. The molecule has 0 radical (unpaired) electrons. The molecule has 1 aliphatic rings. The highest BCUT2D eigenvalue weighted by Gasteiger charge is 2.38. The van der Waals surface area contributed by atoms with Crippen LogP contribution in [0.2, 0.25) is 0 Å². The third-order valence-electron chi connectivity index (χ3n) is 4.12. The number of rotatable bonds is 9. The molecule has 0 aromatic heterocycles. The van der Waals surface area contributed by atoms with Crippen molar-refractivity contribution in [1.82, 2.24) is 5.32 Å². The highest BCUT2D eigenvalue weighted by Crippen LogP contribution is 2.27. The van der Waals surface area contributed by atoms with E-state index in [2.05, 4.69) is 10.3 Å². The Labute approximate surface area is 153 Å². The summed E-state index contributed by atoms with van der Waals surface area (Å²) in [5.41, 5.74) is 11.3. The predicted molar refractivity (Wildman–Crippen MR) is 96.1 cm³/mol. The largest absolute Gasteiger partial charge is 0.463 e. The summed E-state index contributed by atoms with van der Waals surface area (Å²) >= 11 is 0. The van der Waals surface area contributed by atoms with Gasteiger partial charge in [0, 0.05) is 12.0 Å². The Morgan fingerprint density at radius 2 is 2.00 bits per heavy atom. The fourth-order valence-electron chi connectivity index (χ4n) is 2.86. The topological polar surface area (TPSA) is 129 Å². The molecule has 3 unspecified atom stereocenters. The number of amides is 1. The van der Waals surface area contributed by atoms with E-state index in [9.17, 15) is 14.0 Å². The Bertz CT molecular complexity index is 545. The van der Waals surface area contributed by atoms with Gasteiger partial charge < -0.3 is 26.3 Å². The van der Waals surface area contributed by atoms with Gasteiger partial charge in [0.2, 0.25) is 0 Å². The van der Waals surface area contributed by atoms with E-state index in [0.717, 1.165) is 12.8 Å². The van der Waals surface area contributed by atoms with E-state index >= 15 is 0 Å². The van der Waals surface area contributed by atoms with Crippen molar-refractivity contribution in [2.75, 3.05) is 13.3 Å². The van der Waals surface area contributed by atoms with Gasteiger partial charge in [0.25, 0.3) is 5.91 Å². The van der Waals surface area contributed by atoms with Crippen LogP contribution in [0.3, 0.4) is 0 Å². The molecule has 3 atom stereocenters. The number of aliphatic imine (C=N–C) groups is 1.